The summed E-state index contributed by atoms with van der Waals surface area (Å²) in [4.78, 5) is 15.7. The molecule has 1 atom stereocenters. The van der Waals surface area contributed by atoms with E-state index in [1.807, 2.05) is 35.2 Å². The number of halogens is 1. The molecule has 2 aromatic rings. The number of hydrogen-bond donors (Lipinski definition) is 1. The van der Waals surface area contributed by atoms with Gasteiger partial charge in [0.1, 0.15) is 0 Å². The number of urea groups is 1. The highest BCUT2D eigenvalue weighted by Gasteiger charge is 2.30. The van der Waals surface area contributed by atoms with Gasteiger partial charge in [-0.15, -0.1) is 11.3 Å². The molecule has 1 aromatic heterocycles. The Kier molecular flexibility index (Phi) is 4.08. The van der Waals surface area contributed by atoms with E-state index in [2.05, 4.69) is 32.7 Å². The Morgan fingerprint density at radius 1 is 1.30 bits per heavy atom. The molecule has 1 aliphatic heterocycles. The van der Waals surface area contributed by atoms with Crippen molar-refractivity contribution in [1.29, 1.82) is 0 Å². The molecule has 0 unspecified atom stereocenters. The number of likely N-dealkylation sites (tertiary alicyclic amines) is 1. The minimum Gasteiger partial charge on any atom is -0.317 e. The first kappa shape index (κ1) is 13.6. The van der Waals surface area contributed by atoms with E-state index in [0.717, 1.165) is 29.5 Å². The Hall–Kier alpha value is -1.33. The molecule has 0 radical (unpaired) electrons. The highest BCUT2D eigenvalue weighted by atomic mass is 79.9. The zero-order chi connectivity index (χ0) is 13.9. The summed E-state index contributed by atoms with van der Waals surface area (Å²) in [6.07, 6.45) is 2.11. The molecule has 1 saturated heterocycles. The van der Waals surface area contributed by atoms with Gasteiger partial charge in [0.15, 0.2) is 0 Å². The highest BCUT2D eigenvalue weighted by Crippen LogP contribution is 2.35. The van der Waals surface area contributed by atoms with Gasteiger partial charge < -0.3 is 10.2 Å². The lowest BCUT2D eigenvalue weighted by molar-refractivity contribution is 0.208. The summed E-state index contributed by atoms with van der Waals surface area (Å²) in [5.74, 6) is 0. The van der Waals surface area contributed by atoms with Crippen LogP contribution in [0.1, 0.15) is 23.8 Å². The van der Waals surface area contributed by atoms with E-state index < -0.39 is 0 Å². The first-order valence-corrected chi connectivity index (χ1v) is 8.28. The first-order chi connectivity index (χ1) is 9.75. The molecule has 1 fully saturated rings. The molecular weight excluding hydrogens is 336 g/mol. The second-order valence-corrected chi connectivity index (χ2v) is 6.61. The summed E-state index contributed by atoms with van der Waals surface area (Å²) < 4.78 is 0.903. The smallest absolute Gasteiger partial charge is 0.317 e. The SMILES string of the molecule is O=C(Nc1ccccc1Br)N1CCC[C@H]1c1cccs1. The van der Waals surface area contributed by atoms with Gasteiger partial charge >= 0.3 is 6.03 Å². The van der Waals surface area contributed by atoms with Crippen LogP contribution < -0.4 is 5.32 Å². The van der Waals surface area contributed by atoms with Crippen molar-refractivity contribution in [2.45, 2.75) is 18.9 Å². The van der Waals surface area contributed by atoms with Gasteiger partial charge in [-0.2, -0.15) is 0 Å². The number of nitrogens with zero attached hydrogens (tertiary/aromatic N) is 1. The van der Waals surface area contributed by atoms with Crippen LogP contribution >= 0.6 is 27.3 Å². The lowest BCUT2D eigenvalue weighted by Crippen LogP contribution is -2.34. The van der Waals surface area contributed by atoms with Gasteiger partial charge in [0.25, 0.3) is 0 Å². The minimum atomic E-state index is -0.0206. The van der Waals surface area contributed by atoms with Crippen LogP contribution in [0.3, 0.4) is 0 Å². The Morgan fingerprint density at radius 3 is 2.90 bits per heavy atom. The quantitative estimate of drug-likeness (QED) is 0.822. The Morgan fingerprint density at radius 2 is 2.15 bits per heavy atom. The fourth-order valence-corrected chi connectivity index (χ4v) is 3.79. The number of para-hydroxylation sites is 1. The van der Waals surface area contributed by atoms with E-state index in [4.69, 9.17) is 0 Å². The van der Waals surface area contributed by atoms with Gasteiger partial charge in [-0.3, -0.25) is 0 Å². The molecule has 1 N–H and O–H groups in total. The molecule has 5 heteroatoms. The van der Waals surface area contributed by atoms with Crippen molar-refractivity contribution in [2.24, 2.45) is 0 Å². The van der Waals surface area contributed by atoms with Crippen molar-refractivity contribution in [3.63, 3.8) is 0 Å². The summed E-state index contributed by atoms with van der Waals surface area (Å²) in [5, 5.41) is 5.06. The average Bonchev–Trinajstić information content (AvgIpc) is 3.11. The van der Waals surface area contributed by atoms with Crippen molar-refractivity contribution >= 4 is 39.0 Å². The van der Waals surface area contributed by atoms with E-state index in [1.165, 1.54) is 4.88 Å². The lowest BCUT2D eigenvalue weighted by atomic mass is 10.2. The maximum absolute atomic E-state index is 12.5. The number of carbonyl (C=O) groups is 1. The molecule has 3 nitrogen and oxygen atoms in total. The minimum absolute atomic E-state index is 0.0206. The van der Waals surface area contributed by atoms with Crippen LogP contribution in [-0.4, -0.2) is 17.5 Å². The maximum Gasteiger partial charge on any atom is 0.322 e. The topological polar surface area (TPSA) is 32.3 Å². The number of thiophene rings is 1. The summed E-state index contributed by atoms with van der Waals surface area (Å²) >= 11 is 5.18. The van der Waals surface area contributed by atoms with Crippen LogP contribution in [0.4, 0.5) is 10.5 Å². The van der Waals surface area contributed by atoms with Gasteiger partial charge in [0.2, 0.25) is 0 Å². The second kappa shape index (κ2) is 5.97. The van der Waals surface area contributed by atoms with Crippen LogP contribution in [0, 0.1) is 0 Å². The molecule has 0 bridgehead atoms. The van der Waals surface area contributed by atoms with Crippen LogP contribution in [0.25, 0.3) is 0 Å². The zero-order valence-electron chi connectivity index (χ0n) is 10.9. The Bertz CT molecular complexity index is 600. The number of amides is 2. The van der Waals surface area contributed by atoms with Crippen molar-refractivity contribution in [2.75, 3.05) is 11.9 Å². The van der Waals surface area contributed by atoms with Gasteiger partial charge in [0.05, 0.1) is 11.7 Å². The molecule has 20 heavy (non-hydrogen) atoms. The van der Waals surface area contributed by atoms with Gasteiger partial charge in [-0.1, -0.05) is 18.2 Å². The molecule has 1 aliphatic rings. The number of rotatable bonds is 2. The van der Waals surface area contributed by atoms with Crippen LogP contribution in [-0.2, 0) is 0 Å². The lowest BCUT2D eigenvalue weighted by Gasteiger charge is -2.24. The molecule has 0 aliphatic carbocycles. The predicted octanol–water partition coefficient (Wildman–Crippen LogP) is 4.88. The van der Waals surface area contributed by atoms with Crippen LogP contribution in [0.5, 0.6) is 0 Å². The third-order valence-corrected chi connectivity index (χ3v) is 5.17. The molecular formula is C15H15BrN2OS. The largest absolute Gasteiger partial charge is 0.322 e. The number of benzene rings is 1. The standard InChI is InChI=1S/C15H15BrN2OS/c16-11-5-1-2-6-12(11)17-15(19)18-9-3-7-13(18)14-8-4-10-20-14/h1-2,4-6,8,10,13H,3,7,9H2,(H,17,19)/t13-/m0/s1. The second-order valence-electron chi connectivity index (χ2n) is 4.78. The Balaban J connectivity index is 1.75. The van der Waals surface area contributed by atoms with Crippen molar-refractivity contribution in [3.8, 4) is 0 Å². The average molecular weight is 351 g/mol. The first-order valence-electron chi connectivity index (χ1n) is 6.61. The van der Waals surface area contributed by atoms with Gasteiger partial charge in [0, 0.05) is 15.9 Å². The number of anilines is 1. The fraction of sp³-hybridized carbons (Fsp3) is 0.267. The Labute approximate surface area is 130 Å². The predicted molar refractivity (Wildman–Crippen MR) is 86.2 cm³/mol. The molecule has 0 spiro atoms. The van der Waals surface area contributed by atoms with E-state index >= 15 is 0 Å². The van der Waals surface area contributed by atoms with Gasteiger partial charge in [-0.05, 0) is 52.4 Å². The summed E-state index contributed by atoms with van der Waals surface area (Å²) in [6, 6.07) is 12.0. The highest BCUT2D eigenvalue weighted by molar-refractivity contribution is 9.10. The van der Waals surface area contributed by atoms with Crippen molar-refractivity contribution in [3.05, 3.63) is 51.1 Å². The third-order valence-electron chi connectivity index (χ3n) is 3.50. The van der Waals surface area contributed by atoms with Crippen LogP contribution in [0.15, 0.2) is 46.3 Å². The van der Waals surface area contributed by atoms with Crippen molar-refractivity contribution in [1.82, 2.24) is 4.90 Å². The van der Waals surface area contributed by atoms with Gasteiger partial charge in [-0.25, -0.2) is 4.79 Å². The van der Waals surface area contributed by atoms with E-state index in [0.29, 0.717) is 0 Å². The number of hydrogen-bond acceptors (Lipinski definition) is 2. The molecule has 3 rings (SSSR count). The van der Waals surface area contributed by atoms with E-state index in [-0.39, 0.29) is 12.1 Å². The molecule has 1 aromatic carbocycles. The summed E-state index contributed by atoms with van der Waals surface area (Å²) in [6.45, 7) is 0.818. The molecule has 0 saturated carbocycles. The number of carbonyl (C=O) groups excluding carboxylic acids is 1. The molecule has 104 valence electrons. The number of nitrogens with one attached hydrogen (secondary N) is 1. The third kappa shape index (κ3) is 2.74. The normalized spacial score (nSPS) is 18.2. The van der Waals surface area contributed by atoms with E-state index in [1.54, 1.807) is 11.3 Å². The fourth-order valence-electron chi connectivity index (χ4n) is 2.54. The monoisotopic (exact) mass is 350 g/mol. The van der Waals surface area contributed by atoms with Crippen LogP contribution in [0.2, 0.25) is 0 Å². The zero-order valence-corrected chi connectivity index (χ0v) is 13.3. The summed E-state index contributed by atoms with van der Waals surface area (Å²) in [5.41, 5.74) is 0.814. The summed E-state index contributed by atoms with van der Waals surface area (Å²) in [7, 11) is 0. The molecule has 2 amide bonds. The molecule has 2 heterocycles. The van der Waals surface area contributed by atoms with Crippen molar-refractivity contribution < 1.29 is 4.79 Å². The maximum atomic E-state index is 12.5. The van der Waals surface area contributed by atoms with E-state index in [9.17, 15) is 4.79 Å².